The number of methoxy groups -OCH3 is 2. The lowest BCUT2D eigenvalue weighted by molar-refractivity contribution is -0.137. The van der Waals surface area contributed by atoms with Crippen molar-refractivity contribution in [3.8, 4) is 5.75 Å². The Morgan fingerprint density at radius 2 is 1.95 bits per heavy atom. The number of carbonyl (C=O) groups excluding carboxylic acids is 1. The van der Waals surface area contributed by atoms with E-state index in [0.29, 0.717) is 19.6 Å². The molecule has 1 aromatic rings. The van der Waals surface area contributed by atoms with Crippen molar-refractivity contribution in [3.05, 3.63) is 42.0 Å². The lowest BCUT2D eigenvalue weighted by Crippen LogP contribution is -2.20. The zero-order chi connectivity index (χ0) is 15.0. The summed E-state index contributed by atoms with van der Waals surface area (Å²) in [6.07, 6.45) is -0.650. The van der Waals surface area contributed by atoms with E-state index in [1.54, 1.807) is 7.11 Å². The van der Waals surface area contributed by atoms with Crippen LogP contribution in [0.1, 0.15) is 12.0 Å². The third-order valence-electron chi connectivity index (χ3n) is 2.81. The van der Waals surface area contributed by atoms with Crippen LogP contribution in [0.3, 0.4) is 0 Å². The predicted molar refractivity (Wildman–Crippen MR) is 74.4 cm³/mol. The van der Waals surface area contributed by atoms with Crippen molar-refractivity contribution in [1.82, 2.24) is 0 Å². The van der Waals surface area contributed by atoms with Crippen LogP contribution in [0.4, 0.5) is 0 Å². The van der Waals surface area contributed by atoms with Gasteiger partial charge in [-0.2, -0.15) is 0 Å². The van der Waals surface area contributed by atoms with E-state index in [-0.39, 0.29) is 5.57 Å². The molecule has 110 valence electrons. The lowest BCUT2D eigenvalue weighted by atomic mass is 10.1. The Morgan fingerprint density at radius 1 is 1.30 bits per heavy atom. The molecular formula is C15H20O5. The average Bonchev–Trinajstić information content (AvgIpc) is 2.50. The smallest absolute Gasteiger partial charge is 0.335 e. The summed E-state index contributed by atoms with van der Waals surface area (Å²) in [6.45, 7) is 4.24. The van der Waals surface area contributed by atoms with Crippen LogP contribution in [0.15, 0.2) is 36.4 Å². The van der Waals surface area contributed by atoms with Crippen LogP contribution in [0.5, 0.6) is 5.75 Å². The van der Waals surface area contributed by atoms with E-state index in [4.69, 9.17) is 9.47 Å². The van der Waals surface area contributed by atoms with E-state index < -0.39 is 12.1 Å². The van der Waals surface area contributed by atoms with Gasteiger partial charge in [0.05, 0.1) is 32.5 Å². The van der Waals surface area contributed by atoms with Crippen molar-refractivity contribution >= 4 is 5.97 Å². The number of esters is 1. The molecule has 5 heteroatoms. The average molecular weight is 280 g/mol. The van der Waals surface area contributed by atoms with Gasteiger partial charge < -0.3 is 19.3 Å². The standard InChI is InChI=1S/C15H20O5/c1-11(15(17)19-3)14(16)8-9-20-10-12-4-6-13(18-2)7-5-12/h4-7,14,16H,1,8-10H2,2-3H3. The second-order valence-corrected chi connectivity index (χ2v) is 4.22. The Hall–Kier alpha value is -1.85. The topological polar surface area (TPSA) is 65.0 Å². The highest BCUT2D eigenvalue weighted by Gasteiger charge is 2.16. The van der Waals surface area contributed by atoms with Crippen molar-refractivity contribution in [2.24, 2.45) is 0 Å². The maximum atomic E-state index is 11.1. The number of rotatable bonds is 8. The molecule has 0 bridgehead atoms. The van der Waals surface area contributed by atoms with Crippen LogP contribution in [0.2, 0.25) is 0 Å². The van der Waals surface area contributed by atoms with Gasteiger partial charge in [-0.1, -0.05) is 18.7 Å². The number of ether oxygens (including phenoxy) is 3. The lowest BCUT2D eigenvalue weighted by Gasteiger charge is -2.12. The maximum absolute atomic E-state index is 11.1. The Morgan fingerprint density at radius 3 is 2.50 bits per heavy atom. The van der Waals surface area contributed by atoms with Crippen molar-refractivity contribution in [3.63, 3.8) is 0 Å². The summed E-state index contributed by atoms with van der Waals surface area (Å²) in [6, 6.07) is 7.52. The molecule has 0 aliphatic carbocycles. The molecule has 0 radical (unpaired) electrons. The summed E-state index contributed by atoms with van der Waals surface area (Å²) in [5.74, 6) is 0.186. The molecule has 1 unspecified atom stereocenters. The Bertz CT molecular complexity index is 438. The van der Waals surface area contributed by atoms with Gasteiger partial charge in [0.1, 0.15) is 5.75 Å². The summed E-state index contributed by atoms with van der Waals surface area (Å²) in [4.78, 5) is 11.1. The summed E-state index contributed by atoms with van der Waals surface area (Å²) in [5.41, 5.74) is 1.05. The summed E-state index contributed by atoms with van der Waals surface area (Å²) >= 11 is 0. The van der Waals surface area contributed by atoms with Crippen LogP contribution >= 0.6 is 0 Å². The molecule has 1 atom stereocenters. The molecule has 0 aliphatic heterocycles. The molecule has 0 saturated heterocycles. The Labute approximate surface area is 118 Å². The Kier molecular flexibility index (Phi) is 6.76. The molecule has 20 heavy (non-hydrogen) atoms. The highest BCUT2D eigenvalue weighted by molar-refractivity contribution is 5.88. The van der Waals surface area contributed by atoms with Crippen molar-refractivity contribution in [2.75, 3.05) is 20.8 Å². The largest absolute Gasteiger partial charge is 0.497 e. The minimum absolute atomic E-state index is 0.0422. The second-order valence-electron chi connectivity index (χ2n) is 4.22. The first kappa shape index (κ1) is 16.2. The van der Waals surface area contributed by atoms with Gasteiger partial charge in [-0.05, 0) is 17.7 Å². The maximum Gasteiger partial charge on any atom is 0.335 e. The number of aliphatic hydroxyl groups is 1. The third-order valence-corrected chi connectivity index (χ3v) is 2.81. The molecule has 0 aromatic heterocycles. The van der Waals surface area contributed by atoms with Crippen LogP contribution in [-0.4, -0.2) is 38.0 Å². The molecule has 0 amide bonds. The summed E-state index contributed by atoms with van der Waals surface area (Å²) in [5, 5.41) is 9.69. The first-order chi connectivity index (χ1) is 9.58. The Balaban J connectivity index is 2.27. The normalized spacial score (nSPS) is 11.8. The number of benzene rings is 1. The van der Waals surface area contributed by atoms with E-state index in [0.717, 1.165) is 11.3 Å². The minimum atomic E-state index is -0.946. The minimum Gasteiger partial charge on any atom is -0.497 e. The van der Waals surface area contributed by atoms with E-state index >= 15 is 0 Å². The van der Waals surface area contributed by atoms with Gasteiger partial charge in [-0.15, -0.1) is 0 Å². The second kappa shape index (κ2) is 8.35. The fraction of sp³-hybridized carbons (Fsp3) is 0.400. The number of carbonyl (C=O) groups is 1. The van der Waals surface area contributed by atoms with E-state index in [9.17, 15) is 9.90 Å². The van der Waals surface area contributed by atoms with Gasteiger partial charge in [-0.3, -0.25) is 0 Å². The molecule has 0 saturated carbocycles. The van der Waals surface area contributed by atoms with Gasteiger partial charge in [0.2, 0.25) is 0 Å². The monoisotopic (exact) mass is 280 g/mol. The molecule has 1 rings (SSSR count). The molecule has 0 fully saturated rings. The molecule has 1 N–H and O–H groups in total. The molecule has 0 aliphatic rings. The van der Waals surface area contributed by atoms with Crippen LogP contribution < -0.4 is 4.74 Å². The molecule has 0 spiro atoms. The van der Waals surface area contributed by atoms with Crippen LogP contribution in [0.25, 0.3) is 0 Å². The fourth-order valence-corrected chi connectivity index (χ4v) is 1.55. The van der Waals surface area contributed by atoms with Gasteiger partial charge >= 0.3 is 5.97 Å². The van der Waals surface area contributed by atoms with E-state index in [1.807, 2.05) is 24.3 Å². The number of aliphatic hydroxyl groups excluding tert-OH is 1. The van der Waals surface area contributed by atoms with E-state index in [2.05, 4.69) is 11.3 Å². The number of hydrogen-bond donors (Lipinski definition) is 1. The first-order valence-electron chi connectivity index (χ1n) is 6.24. The van der Waals surface area contributed by atoms with E-state index in [1.165, 1.54) is 7.11 Å². The molecule has 1 aromatic carbocycles. The van der Waals surface area contributed by atoms with Crippen LogP contribution in [-0.2, 0) is 20.9 Å². The SMILES string of the molecule is C=C(C(=O)OC)C(O)CCOCc1ccc(OC)cc1. The van der Waals surface area contributed by atoms with Gasteiger partial charge in [0, 0.05) is 13.0 Å². The zero-order valence-corrected chi connectivity index (χ0v) is 11.8. The third kappa shape index (κ3) is 5.03. The molecule has 5 nitrogen and oxygen atoms in total. The number of hydrogen-bond acceptors (Lipinski definition) is 5. The van der Waals surface area contributed by atoms with Crippen molar-refractivity contribution < 1.29 is 24.1 Å². The van der Waals surface area contributed by atoms with Gasteiger partial charge in [-0.25, -0.2) is 4.79 Å². The van der Waals surface area contributed by atoms with Gasteiger partial charge in [0.25, 0.3) is 0 Å². The molecule has 0 heterocycles. The predicted octanol–water partition coefficient (Wildman–Crippen LogP) is 1.69. The quantitative estimate of drug-likeness (QED) is 0.446. The highest BCUT2D eigenvalue weighted by atomic mass is 16.5. The van der Waals surface area contributed by atoms with Crippen molar-refractivity contribution in [2.45, 2.75) is 19.1 Å². The summed E-state index contributed by atoms with van der Waals surface area (Å²) < 4.78 is 15.0. The highest BCUT2D eigenvalue weighted by Crippen LogP contribution is 2.12. The summed E-state index contributed by atoms with van der Waals surface area (Å²) in [7, 11) is 2.86. The zero-order valence-electron chi connectivity index (χ0n) is 11.8. The van der Waals surface area contributed by atoms with Gasteiger partial charge in [0.15, 0.2) is 0 Å². The fourth-order valence-electron chi connectivity index (χ4n) is 1.55. The molecular weight excluding hydrogens is 260 g/mol. The van der Waals surface area contributed by atoms with Crippen LogP contribution in [0, 0.1) is 0 Å². The van der Waals surface area contributed by atoms with Crippen molar-refractivity contribution in [1.29, 1.82) is 0 Å². The first-order valence-corrected chi connectivity index (χ1v) is 6.24.